The van der Waals surface area contributed by atoms with Crippen molar-refractivity contribution in [2.75, 3.05) is 0 Å². The van der Waals surface area contributed by atoms with Gasteiger partial charge in [-0.25, -0.2) is 4.98 Å². The molecule has 3 heterocycles. The van der Waals surface area contributed by atoms with Crippen LogP contribution >= 0.6 is 45.5 Å². The zero-order valence-corrected chi connectivity index (χ0v) is 17.4. The van der Waals surface area contributed by atoms with Crippen molar-refractivity contribution in [2.24, 2.45) is 0 Å². The third kappa shape index (κ3) is 3.03. The smallest absolute Gasteiger partial charge is 0.214 e. The van der Waals surface area contributed by atoms with Gasteiger partial charge in [0.05, 0.1) is 11.9 Å². The summed E-state index contributed by atoms with van der Waals surface area (Å²) in [7, 11) is 0. The Hall–Kier alpha value is -2.30. The van der Waals surface area contributed by atoms with Gasteiger partial charge in [-0.05, 0) is 46.9 Å². The number of imidazole rings is 1. The van der Waals surface area contributed by atoms with Gasteiger partial charge in [0.15, 0.2) is 5.01 Å². The quantitative estimate of drug-likeness (QED) is 0.326. The number of rotatable bonds is 3. The summed E-state index contributed by atoms with van der Waals surface area (Å²) in [6, 6.07) is 17.4. The molecule has 0 unspecified atom stereocenters. The van der Waals surface area contributed by atoms with Crippen LogP contribution in [0.3, 0.4) is 0 Å². The highest BCUT2D eigenvalue weighted by molar-refractivity contribution is 14.1. The lowest BCUT2D eigenvalue weighted by Crippen LogP contribution is -1.97. The van der Waals surface area contributed by atoms with Gasteiger partial charge >= 0.3 is 0 Å². The number of hydrogen-bond donors (Lipinski definition) is 0. The number of fused-ring (bicyclic) bond motifs is 1. The molecule has 5 aromatic rings. The van der Waals surface area contributed by atoms with Crippen molar-refractivity contribution in [1.29, 1.82) is 0 Å². The molecule has 0 spiro atoms. The predicted molar refractivity (Wildman–Crippen MR) is 114 cm³/mol. The molecule has 2 aromatic carbocycles. The molecule has 0 radical (unpaired) electrons. The fraction of sp³-hybridized carbons (Fsp3) is 0. The van der Waals surface area contributed by atoms with E-state index in [1.807, 2.05) is 59.1 Å². The molecule has 3 aromatic heterocycles. The highest BCUT2D eigenvalue weighted by Crippen LogP contribution is 2.31. The van der Waals surface area contributed by atoms with Gasteiger partial charge in [-0.2, -0.15) is 19.5 Å². The Morgan fingerprint density at radius 1 is 0.963 bits per heavy atom. The highest BCUT2D eigenvalue weighted by Gasteiger charge is 2.18. The zero-order chi connectivity index (χ0) is 18.4. The minimum Gasteiger partial charge on any atom is -0.216 e. The topological polar surface area (TPSA) is 60.9 Å². The fourth-order valence-electron chi connectivity index (χ4n) is 2.67. The second-order valence-corrected chi connectivity index (χ2v) is 8.13. The van der Waals surface area contributed by atoms with E-state index in [9.17, 15) is 0 Å². The molecular weight excluding hydrogens is 495 g/mol. The maximum Gasteiger partial charge on any atom is 0.214 e. The third-order valence-electron chi connectivity index (χ3n) is 3.96. The monoisotopic (exact) mass is 504 g/mol. The summed E-state index contributed by atoms with van der Waals surface area (Å²) in [5, 5.41) is 15.0. The largest absolute Gasteiger partial charge is 0.216 e. The van der Waals surface area contributed by atoms with Gasteiger partial charge in [-0.1, -0.05) is 53.3 Å². The number of aromatic nitrogens is 6. The minimum absolute atomic E-state index is 0.705. The van der Waals surface area contributed by atoms with Crippen LogP contribution in [0, 0.1) is 3.70 Å². The van der Waals surface area contributed by atoms with Crippen molar-refractivity contribution in [2.45, 2.75) is 0 Å². The van der Waals surface area contributed by atoms with Crippen LogP contribution in [0.4, 0.5) is 0 Å². The molecule has 27 heavy (non-hydrogen) atoms. The molecule has 0 amide bonds. The Morgan fingerprint density at radius 3 is 2.48 bits per heavy atom. The lowest BCUT2D eigenvalue weighted by molar-refractivity contribution is 0.753. The molecule has 132 valence electrons. The molecule has 9 heteroatoms. The van der Waals surface area contributed by atoms with Gasteiger partial charge in [0.25, 0.3) is 0 Å². The molecule has 0 bridgehead atoms. The lowest BCUT2D eigenvalue weighted by Gasteiger charge is -1.98. The minimum atomic E-state index is 0.705. The van der Waals surface area contributed by atoms with Crippen LogP contribution in [0.1, 0.15) is 0 Å². The number of hydrogen-bond acceptors (Lipinski definition) is 5. The van der Waals surface area contributed by atoms with Crippen LogP contribution in [0.25, 0.3) is 32.6 Å². The van der Waals surface area contributed by atoms with Crippen molar-refractivity contribution < 1.29 is 0 Å². The summed E-state index contributed by atoms with van der Waals surface area (Å²) in [5.74, 6) is 0. The predicted octanol–water partition coefficient (Wildman–Crippen LogP) is 4.96. The Bertz CT molecular complexity index is 1240. The van der Waals surface area contributed by atoms with E-state index >= 15 is 0 Å². The van der Waals surface area contributed by atoms with Crippen molar-refractivity contribution in [1.82, 2.24) is 29.6 Å². The van der Waals surface area contributed by atoms with E-state index in [4.69, 9.17) is 16.6 Å². The first-order valence-electron chi connectivity index (χ1n) is 7.98. The van der Waals surface area contributed by atoms with Gasteiger partial charge in [0, 0.05) is 10.6 Å². The zero-order valence-electron chi connectivity index (χ0n) is 13.6. The molecule has 0 fully saturated rings. The maximum atomic E-state index is 5.98. The van der Waals surface area contributed by atoms with Crippen LogP contribution in [0.5, 0.6) is 0 Å². The van der Waals surface area contributed by atoms with Gasteiger partial charge in [-0.15, -0.1) is 5.10 Å². The van der Waals surface area contributed by atoms with Crippen LogP contribution in [-0.2, 0) is 0 Å². The summed E-state index contributed by atoms with van der Waals surface area (Å²) >= 11 is 9.73. The van der Waals surface area contributed by atoms with Crippen molar-refractivity contribution >= 4 is 50.5 Å². The normalized spacial score (nSPS) is 11.3. The van der Waals surface area contributed by atoms with E-state index in [1.165, 1.54) is 11.3 Å². The van der Waals surface area contributed by atoms with Gasteiger partial charge in [0.1, 0.15) is 15.1 Å². The third-order valence-corrected chi connectivity index (χ3v) is 6.12. The van der Waals surface area contributed by atoms with E-state index in [0.29, 0.717) is 5.02 Å². The summed E-state index contributed by atoms with van der Waals surface area (Å²) in [4.78, 5) is 7.15. The molecule has 0 saturated carbocycles. The molecule has 6 nitrogen and oxygen atoms in total. The Balaban J connectivity index is 1.53. The summed E-state index contributed by atoms with van der Waals surface area (Å²) < 4.78 is 2.79. The van der Waals surface area contributed by atoms with Crippen LogP contribution < -0.4 is 0 Å². The second kappa shape index (κ2) is 6.70. The molecule has 0 aliphatic heterocycles. The van der Waals surface area contributed by atoms with Gasteiger partial charge in [-0.3, -0.25) is 0 Å². The van der Waals surface area contributed by atoms with Crippen LogP contribution in [0.15, 0.2) is 60.8 Å². The fourth-order valence-corrected chi connectivity index (χ4v) is 4.57. The van der Waals surface area contributed by atoms with Crippen molar-refractivity contribution in [3.05, 3.63) is 69.5 Å². The average Bonchev–Trinajstić information content (AvgIpc) is 3.40. The standard InChI is InChI=1S/C18H10ClIN6S/c19-12-8-6-11(7-9-12)15-16(20)25-18(22-15)27-17(24-25)14-10-21-26(23-14)13-4-2-1-3-5-13/h1-10H. The second-order valence-electron chi connectivity index (χ2n) is 5.71. The molecule has 5 rings (SSSR count). The maximum absolute atomic E-state index is 5.98. The first-order chi connectivity index (χ1) is 13.2. The van der Waals surface area contributed by atoms with E-state index in [-0.39, 0.29) is 0 Å². The number of halogens is 2. The molecule has 0 aliphatic rings. The number of nitrogens with zero attached hydrogens (tertiary/aromatic N) is 6. The van der Waals surface area contributed by atoms with E-state index in [2.05, 4.69) is 37.9 Å². The average molecular weight is 505 g/mol. The summed E-state index contributed by atoms with van der Waals surface area (Å²) in [6.45, 7) is 0. The summed E-state index contributed by atoms with van der Waals surface area (Å²) in [5.41, 5.74) is 3.53. The van der Waals surface area contributed by atoms with Gasteiger partial charge in [0.2, 0.25) is 4.96 Å². The SMILES string of the molecule is Clc1ccc(-c2nc3sc(-c4cnn(-c5ccccc5)n4)nn3c2I)cc1. The Morgan fingerprint density at radius 2 is 1.74 bits per heavy atom. The van der Waals surface area contributed by atoms with E-state index < -0.39 is 0 Å². The highest BCUT2D eigenvalue weighted by atomic mass is 127. The van der Waals surface area contributed by atoms with E-state index in [0.717, 1.165) is 36.3 Å². The van der Waals surface area contributed by atoms with Crippen molar-refractivity contribution in [3.63, 3.8) is 0 Å². The molecule has 0 aliphatic carbocycles. The van der Waals surface area contributed by atoms with Crippen LogP contribution in [-0.4, -0.2) is 29.6 Å². The first-order valence-corrected chi connectivity index (χ1v) is 10.3. The van der Waals surface area contributed by atoms with Crippen LogP contribution in [0.2, 0.25) is 5.02 Å². The molecule has 0 N–H and O–H groups in total. The van der Waals surface area contributed by atoms with Gasteiger partial charge < -0.3 is 0 Å². The molecule has 0 saturated heterocycles. The Kier molecular flexibility index (Phi) is 4.18. The molecule has 0 atom stereocenters. The number of para-hydroxylation sites is 1. The molecular formula is C18H10ClIN6S. The van der Waals surface area contributed by atoms with Crippen molar-refractivity contribution in [3.8, 4) is 27.6 Å². The summed E-state index contributed by atoms with van der Waals surface area (Å²) in [6.07, 6.45) is 1.72. The number of benzene rings is 2. The lowest BCUT2D eigenvalue weighted by atomic mass is 10.2. The Labute approximate surface area is 176 Å². The van der Waals surface area contributed by atoms with E-state index in [1.54, 1.807) is 11.0 Å². The first kappa shape index (κ1) is 16.8.